The molecule has 1 N–H and O–H groups in total. The number of carbonyl (C=O) groups excluding carboxylic acids is 2. The standard InChI is InChI=1S/C21H20O6/c1-15(22)27-19-11-7-17(14-20(19)25-2)4-3-13-26-21(24)12-8-16-5-9-18(23)10-6-16/h3-12,14,23H,13H2,1-2H3/b4-3+,12-8+. The molecule has 2 aromatic rings. The van der Waals surface area contributed by atoms with Crippen molar-refractivity contribution in [1.29, 1.82) is 0 Å². The number of aromatic hydroxyl groups is 1. The van der Waals surface area contributed by atoms with E-state index in [0.29, 0.717) is 11.5 Å². The van der Waals surface area contributed by atoms with E-state index in [2.05, 4.69) is 0 Å². The molecule has 6 nitrogen and oxygen atoms in total. The number of hydrogen-bond donors (Lipinski definition) is 1. The highest BCUT2D eigenvalue weighted by atomic mass is 16.6. The van der Waals surface area contributed by atoms with E-state index in [1.54, 1.807) is 48.6 Å². The number of carbonyl (C=O) groups is 2. The normalized spacial score (nSPS) is 10.9. The first-order valence-corrected chi connectivity index (χ1v) is 8.15. The molecule has 0 unspecified atom stereocenters. The highest BCUT2D eigenvalue weighted by Gasteiger charge is 2.06. The second kappa shape index (κ2) is 9.82. The molecule has 0 bridgehead atoms. The van der Waals surface area contributed by atoms with E-state index in [1.165, 1.54) is 32.2 Å². The van der Waals surface area contributed by atoms with Crippen LogP contribution in [0.15, 0.2) is 54.6 Å². The molecule has 0 spiro atoms. The Labute approximate surface area is 157 Å². The summed E-state index contributed by atoms with van der Waals surface area (Å²) in [5.74, 6) is 0.0332. The third-order valence-electron chi connectivity index (χ3n) is 3.38. The first kappa shape index (κ1) is 19.8. The summed E-state index contributed by atoms with van der Waals surface area (Å²) in [7, 11) is 1.48. The molecule has 0 aliphatic heterocycles. The van der Waals surface area contributed by atoms with E-state index in [4.69, 9.17) is 14.2 Å². The number of ether oxygens (including phenoxy) is 3. The van der Waals surface area contributed by atoms with Gasteiger partial charge >= 0.3 is 11.9 Å². The van der Waals surface area contributed by atoms with E-state index in [-0.39, 0.29) is 12.4 Å². The second-order valence-corrected chi connectivity index (χ2v) is 5.46. The van der Waals surface area contributed by atoms with Gasteiger partial charge in [0.2, 0.25) is 0 Å². The van der Waals surface area contributed by atoms with Gasteiger partial charge in [-0.3, -0.25) is 4.79 Å². The quantitative estimate of drug-likeness (QED) is 0.457. The van der Waals surface area contributed by atoms with Crippen LogP contribution in [-0.2, 0) is 14.3 Å². The van der Waals surface area contributed by atoms with E-state index >= 15 is 0 Å². The first-order valence-electron chi connectivity index (χ1n) is 8.15. The van der Waals surface area contributed by atoms with Gasteiger partial charge in [0.25, 0.3) is 0 Å². The monoisotopic (exact) mass is 368 g/mol. The lowest BCUT2D eigenvalue weighted by Gasteiger charge is -2.08. The van der Waals surface area contributed by atoms with Crippen LogP contribution in [0.25, 0.3) is 12.2 Å². The van der Waals surface area contributed by atoms with Crippen LogP contribution in [0.4, 0.5) is 0 Å². The zero-order chi connectivity index (χ0) is 19.6. The number of rotatable bonds is 7. The Balaban J connectivity index is 1.87. The smallest absolute Gasteiger partial charge is 0.331 e. The van der Waals surface area contributed by atoms with Crippen LogP contribution in [0, 0.1) is 0 Å². The fourth-order valence-electron chi connectivity index (χ4n) is 2.14. The summed E-state index contributed by atoms with van der Waals surface area (Å²) in [5.41, 5.74) is 1.58. The van der Waals surface area contributed by atoms with Crippen molar-refractivity contribution in [1.82, 2.24) is 0 Å². The summed E-state index contributed by atoms with van der Waals surface area (Å²) in [6, 6.07) is 11.5. The zero-order valence-electron chi connectivity index (χ0n) is 15.0. The van der Waals surface area contributed by atoms with Gasteiger partial charge < -0.3 is 19.3 Å². The Hall–Kier alpha value is -3.54. The maximum atomic E-state index is 11.7. The highest BCUT2D eigenvalue weighted by Crippen LogP contribution is 2.28. The Bertz CT molecular complexity index is 849. The van der Waals surface area contributed by atoms with Gasteiger partial charge in [-0.05, 0) is 47.5 Å². The lowest BCUT2D eigenvalue weighted by atomic mass is 10.2. The summed E-state index contributed by atoms with van der Waals surface area (Å²) in [6.07, 6.45) is 6.37. The van der Waals surface area contributed by atoms with Gasteiger partial charge in [-0.1, -0.05) is 24.3 Å². The summed E-state index contributed by atoms with van der Waals surface area (Å²) in [6.45, 7) is 1.42. The summed E-state index contributed by atoms with van der Waals surface area (Å²) in [5, 5.41) is 9.20. The fourth-order valence-corrected chi connectivity index (χ4v) is 2.14. The van der Waals surface area contributed by atoms with Crippen LogP contribution in [0.5, 0.6) is 17.2 Å². The van der Waals surface area contributed by atoms with Crippen molar-refractivity contribution < 1.29 is 28.9 Å². The lowest BCUT2D eigenvalue weighted by molar-refractivity contribution is -0.136. The minimum Gasteiger partial charge on any atom is -0.508 e. The predicted octanol–water partition coefficient (Wildman–Crippen LogP) is 3.60. The molecule has 6 heteroatoms. The minimum atomic E-state index is -0.476. The van der Waals surface area contributed by atoms with Crippen molar-refractivity contribution in [2.75, 3.05) is 13.7 Å². The third-order valence-corrected chi connectivity index (χ3v) is 3.38. The Morgan fingerprint density at radius 1 is 1.00 bits per heavy atom. The molecule has 0 atom stereocenters. The summed E-state index contributed by atoms with van der Waals surface area (Å²) in [4.78, 5) is 22.7. The van der Waals surface area contributed by atoms with Crippen LogP contribution in [0.2, 0.25) is 0 Å². The molecule has 0 radical (unpaired) electrons. The molecule has 0 aromatic heterocycles. The van der Waals surface area contributed by atoms with Gasteiger partial charge in [0.1, 0.15) is 12.4 Å². The largest absolute Gasteiger partial charge is 0.508 e. The van der Waals surface area contributed by atoms with Crippen molar-refractivity contribution in [3.8, 4) is 17.2 Å². The van der Waals surface area contributed by atoms with E-state index < -0.39 is 11.9 Å². The molecule has 0 amide bonds. The van der Waals surface area contributed by atoms with Gasteiger partial charge in [-0.2, -0.15) is 0 Å². The summed E-state index contributed by atoms with van der Waals surface area (Å²) >= 11 is 0. The molecule has 0 aliphatic carbocycles. The molecule has 0 fully saturated rings. The van der Waals surface area contributed by atoms with Gasteiger partial charge in [0.05, 0.1) is 7.11 Å². The number of methoxy groups -OCH3 is 1. The molecule has 0 aliphatic rings. The fraction of sp³-hybridized carbons (Fsp3) is 0.143. The van der Waals surface area contributed by atoms with E-state index in [0.717, 1.165) is 11.1 Å². The number of esters is 2. The van der Waals surface area contributed by atoms with Gasteiger partial charge in [-0.25, -0.2) is 4.79 Å². The van der Waals surface area contributed by atoms with Gasteiger partial charge in [-0.15, -0.1) is 0 Å². The molecule has 2 aromatic carbocycles. The van der Waals surface area contributed by atoms with Gasteiger partial charge in [0.15, 0.2) is 11.5 Å². The molecule has 0 saturated carbocycles. The predicted molar refractivity (Wildman–Crippen MR) is 101 cm³/mol. The SMILES string of the molecule is COc1cc(/C=C/COC(=O)/C=C/c2ccc(O)cc2)ccc1OC(C)=O. The number of phenols is 1. The topological polar surface area (TPSA) is 82.1 Å². The molecule has 0 heterocycles. The third kappa shape index (κ3) is 6.70. The van der Waals surface area contributed by atoms with E-state index in [9.17, 15) is 14.7 Å². The average molecular weight is 368 g/mol. The van der Waals surface area contributed by atoms with Crippen LogP contribution in [0.1, 0.15) is 18.1 Å². The summed E-state index contributed by atoms with van der Waals surface area (Å²) < 4.78 is 15.3. The maximum Gasteiger partial charge on any atom is 0.331 e. The van der Waals surface area contributed by atoms with Crippen molar-refractivity contribution in [2.24, 2.45) is 0 Å². The van der Waals surface area contributed by atoms with Crippen LogP contribution in [-0.4, -0.2) is 30.8 Å². The van der Waals surface area contributed by atoms with Crippen molar-refractivity contribution >= 4 is 24.1 Å². The van der Waals surface area contributed by atoms with Crippen LogP contribution in [0.3, 0.4) is 0 Å². The molecule has 140 valence electrons. The number of benzene rings is 2. The highest BCUT2D eigenvalue weighted by molar-refractivity contribution is 5.87. The Morgan fingerprint density at radius 2 is 1.70 bits per heavy atom. The van der Waals surface area contributed by atoms with Crippen LogP contribution < -0.4 is 9.47 Å². The maximum absolute atomic E-state index is 11.7. The molecule has 27 heavy (non-hydrogen) atoms. The Morgan fingerprint density at radius 3 is 2.37 bits per heavy atom. The number of phenolic OH excluding ortho intramolecular Hbond substituents is 1. The molecular formula is C21H20O6. The minimum absolute atomic E-state index is 0.104. The number of hydrogen-bond acceptors (Lipinski definition) is 6. The lowest BCUT2D eigenvalue weighted by Crippen LogP contribution is -2.03. The molecular weight excluding hydrogens is 348 g/mol. The first-order chi connectivity index (χ1) is 13.0. The zero-order valence-corrected chi connectivity index (χ0v) is 15.0. The molecule has 0 saturated heterocycles. The van der Waals surface area contributed by atoms with Gasteiger partial charge in [0, 0.05) is 13.0 Å². The second-order valence-electron chi connectivity index (χ2n) is 5.46. The van der Waals surface area contributed by atoms with Crippen molar-refractivity contribution in [2.45, 2.75) is 6.92 Å². The van der Waals surface area contributed by atoms with Crippen molar-refractivity contribution in [3.63, 3.8) is 0 Å². The van der Waals surface area contributed by atoms with Crippen molar-refractivity contribution in [3.05, 3.63) is 65.7 Å². The Kier molecular flexibility index (Phi) is 7.19. The molecule has 2 rings (SSSR count). The van der Waals surface area contributed by atoms with Crippen LogP contribution >= 0.6 is 0 Å². The van der Waals surface area contributed by atoms with E-state index in [1.807, 2.05) is 0 Å². The average Bonchev–Trinajstić information content (AvgIpc) is 2.65.